The summed E-state index contributed by atoms with van der Waals surface area (Å²) in [7, 11) is 1.85. The molecule has 0 bridgehead atoms. The maximum absolute atomic E-state index is 13.6. The topological polar surface area (TPSA) is 52.2 Å². The molecule has 0 saturated heterocycles. The summed E-state index contributed by atoms with van der Waals surface area (Å²) in [5.41, 5.74) is 4.63. The molecule has 2 aromatic heterocycles. The molecule has 28 heavy (non-hydrogen) atoms. The Balaban J connectivity index is 1.90. The van der Waals surface area contributed by atoms with Crippen LogP contribution in [0.2, 0.25) is 0 Å². The Bertz CT molecular complexity index is 1110. The molecule has 0 aliphatic heterocycles. The van der Waals surface area contributed by atoms with E-state index in [1.165, 1.54) is 30.4 Å². The summed E-state index contributed by atoms with van der Waals surface area (Å²) in [6.45, 7) is 2.17. The third-order valence-corrected chi connectivity index (χ3v) is 7.61. The predicted molar refractivity (Wildman–Crippen MR) is 113 cm³/mol. The Morgan fingerprint density at radius 1 is 1.14 bits per heavy atom. The maximum atomic E-state index is 13.6. The molecule has 2 heterocycles. The highest BCUT2D eigenvalue weighted by molar-refractivity contribution is 7.99. The molecule has 3 aromatic rings. The predicted octanol–water partition coefficient (Wildman–Crippen LogP) is 4.36. The van der Waals surface area contributed by atoms with Gasteiger partial charge in [0.2, 0.25) is 5.78 Å². The molecule has 2 aliphatic rings. The Morgan fingerprint density at radius 3 is 2.71 bits per heavy atom. The summed E-state index contributed by atoms with van der Waals surface area (Å²) >= 11 is 1.73. The standard InChI is InChI=1S/C22H26N4OS/c1-3-13-28-21-24-23-20-25(2)19(27)17-18(26(20)21)16-10-6-5-9-15(16)14-22(17)11-7-4-8-12-22/h5-6,9-10H,3-4,7-8,11-14H2,1-2H3. The minimum absolute atomic E-state index is 0.0536. The number of thioether (sulfide) groups is 1. The first kappa shape index (κ1) is 18.0. The van der Waals surface area contributed by atoms with Crippen LogP contribution in [0.3, 0.4) is 0 Å². The molecule has 1 aromatic carbocycles. The first-order valence-electron chi connectivity index (χ1n) is 10.4. The van der Waals surface area contributed by atoms with E-state index in [2.05, 4.69) is 45.8 Å². The van der Waals surface area contributed by atoms with E-state index in [0.717, 1.165) is 47.8 Å². The van der Waals surface area contributed by atoms with Gasteiger partial charge in [0.15, 0.2) is 5.16 Å². The van der Waals surface area contributed by atoms with Gasteiger partial charge in [0, 0.05) is 29.3 Å². The van der Waals surface area contributed by atoms with Crippen molar-refractivity contribution in [3.63, 3.8) is 0 Å². The third-order valence-electron chi connectivity index (χ3n) is 6.47. The van der Waals surface area contributed by atoms with Crippen molar-refractivity contribution < 1.29 is 0 Å². The first-order valence-corrected chi connectivity index (χ1v) is 11.3. The van der Waals surface area contributed by atoms with Crippen molar-refractivity contribution in [1.29, 1.82) is 0 Å². The van der Waals surface area contributed by atoms with Gasteiger partial charge >= 0.3 is 0 Å². The number of nitrogens with zero attached hydrogens (tertiary/aromatic N) is 4. The Morgan fingerprint density at radius 2 is 1.93 bits per heavy atom. The molecule has 5 nitrogen and oxygen atoms in total. The van der Waals surface area contributed by atoms with Crippen LogP contribution in [-0.4, -0.2) is 24.9 Å². The van der Waals surface area contributed by atoms with Gasteiger partial charge in [0.25, 0.3) is 5.56 Å². The van der Waals surface area contributed by atoms with Gasteiger partial charge in [-0.1, -0.05) is 62.2 Å². The molecule has 146 valence electrons. The van der Waals surface area contributed by atoms with Crippen molar-refractivity contribution in [3.05, 3.63) is 45.7 Å². The lowest BCUT2D eigenvalue weighted by Gasteiger charge is -2.42. The van der Waals surface area contributed by atoms with Gasteiger partial charge < -0.3 is 0 Å². The molecule has 5 rings (SSSR count). The summed E-state index contributed by atoms with van der Waals surface area (Å²) in [4.78, 5) is 13.6. The zero-order chi connectivity index (χ0) is 19.3. The first-order chi connectivity index (χ1) is 13.7. The molecule has 0 radical (unpaired) electrons. The number of aryl methyl sites for hydroxylation is 1. The molecule has 1 fully saturated rings. The van der Waals surface area contributed by atoms with Gasteiger partial charge in [-0.2, -0.15) is 0 Å². The molecule has 0 N–H and O–H groups in total. The Labute approximate surface area is 169 Å². The van der Waals surface area contributed by atoms with E-state index in [4.69, 9.17) is 0 Å². The van der Waals surface area contributed by atoms with Crippen LogP contribution < -0.4 is 5.56 Å². The molecule has 2 aliphatic carbocycles. The van der Waals surface area contributed by atoms with Crippen molar-refractivity contribution in [1.82, 2.24) is 19.2 Å². The van der Waals surface area contributed by atoms with Gasteiger partial charge in [0.1, 0.15) is 0 Å². The van der Waals surface area contributed by atoms with Crippen molar-refractivity contribution in [3.8, 4) is 11.3 Å². The van der Waals surface area contributed by atoms with Crippen LogP contribution >= 0.6 is 11.8 Å². The van der Waals surface area contributed by atoms with Gasteiger partial charge in [-0.05, 0) is 31.2 Å². The highest BCUT2D eigenvalue weighted by Gasteiger charge is 2.43. The molecule has 0 unspecified atom stereocenters. The Kier molecular flexibility index (Phi) is 4.34. The van der Waals surface area contributed by atoms with Crippen LogP contribution in [-0.2, 0) is 18.9 Å². The van der Waals surface area contributed by atoms with Crippen molar-refractivity contribution in [2.75, 3.05) is 5.75 Å². The highest BCUT2D eigenvalue weighted by atomic mass is 32.2. The monoisotopic (exact) mass is 394 g/mol. The smallest absolute Gasteiger partial charge is 0.259 e. The Hall–Kier alpha value is -2.08. The number of rotatable bonds is 3. The summed E-state index contributed by atoms with van der Waals surface area (Å²) in [5, 5.41) is 9.76. The van der Waals surface area contributed by atoms with Crippen LogP contribution in [0.5, 0.6) is 0 Å². The molecule has 0 amide bonds. The second kappa shape index (κ2) is 6.76. The van der Waals surface area contributed by atoms with Gasteiger partial charge in [-0.25, -0.2) is 0 Å². The van der Waals surface area contributed by atoms with E-state index < -0.39 is 0 Å². The van der Waals surface area contributed by atoms with Gasteiger partial charge in [-0.15, -0.1) is 10.2 Å². The number of hydrogen-bond donors (Lipinski definition) is 0. The molecule has 6 heteroatoms. The zero-order valence-electron chi connectivity index (χ0n) is 16.6. The lowest BCUT2D eigenvalue weighted by atomic mass is 9.62. The van der Waals surface area contributed by atoms with Gasteiger partial charge in [0.05, 0.1) is 5.69 Å². The number of hydrogen-bond acceptors (Lipinski definition) is 4. The fourth-order valence-electron chi connectivity index (χ4n) is 5.18. The molecule has 1 spiro atoms. The van der Waals surface area contributed by atoms with Crippen LogP contribution in [0.25, 0.3) is 17.0 Å². The highest BCUT2D eigenvalue weighted by Crippen LogP contribution is 2.49. The van der Waals surface area contributed by atoms with Crippen LogP contribution in [0.15, 0.2) is 34.2 Å². The second-order valence-corrected chi connectivity index (χ2v) is 9.29. The summed E-state index contributed by atoms with van der Waals surface area (Å²) < 4.78 is 3.87. The van der Waals surface area contributed by atoms with E-state index in [1.807, 2.05) is 7.05 Å². The van der Waals surface area contributed by atoms with Crippen LogP contribution in [0.1, 0.15) is 56.6 Å². The largest absolute Gasteiger partial charge is 0.280 e. The number of aromatic nitrogens is 4. The minimum atomic E-state index is -0.0536. The van der Waals surface area contributed by atoms with Crippen molar-refractivity contribution in [2.24, 2.45) is 7.05 Å². The fourth-order valence-corrected chi connectivity index (χ4v) is 5.97. The average Bonchev–Trinajstić information content (AvgIpc) is 3.14. The molecule has 1 saturated carbocycles. The second-order valence-electron chi connectivity index (χ2n) is 8.23. The summed E-state index contributed by atoms with van der Waals surface area (Å²) in [6, 6.07) is 8.60. The summed E-state index contributed by atoms with van der Waals surface area (Å²) in [6.07, 6.45) is 7.89. The van der Waals surface area contributed by atoms with Crippen LogP contribution in [0.4, 0.5) is 0 Å². The quantitative estimate of drug-likeness (QED) is 0.620. The van der Waals surface area contributed by atoms with E-state index in [-0.39, 0.29) is 11.0 Å². The lowest BCUT2D eigenvalue weighted by Crippen LogP contribution is -2.43. The van der Waals surface area contributed by atoms with E-state index in [0.29, 0.717) is 5.78 Å². The zero-order valence-corrected chi connectivity index (χ0v) is 17.4. The molecular weight excluding hydrogens is 368 g/mol. The van der Waals surface area contributed by atoms with Crippen LogP contribution in [0, 0.1) is 0 Å². The van der Waals surface area contributed by atoms with Crippen molar-refractivity contribution >= 4 is 17.5 Å². The minimum Gasteiger partial charge on any atom is -0.280 e. The van der Waals surface area contributed by atoms with Crippen molar-refractivity contribution in [2.45, 2.75) is 62.4 Å². The summed E-state index contributed by atoms with van der Waals surface area (Å²) in [5.74, 6) is 1.63. The maximum Gasteiger partial charge on any atom is 0.259 e. The number of fused-ring (bicyclic) bond motifs is 6. The lowest BCUT2D eigenvalue weighted by molar-refractivity contribution is 0.283. The van der Waals surface area contributed by atoms with E-state index in [1.54, 1.807) is 16.3 Å². The molecular formula is C22H26N4OS. The fraction of sp³-hybridized carbons (Fsp3) is 0.500. The SMILES string of the molecule is CCCSc1nnc2n(C)c(=O)c3c(n12)-c1ccccc1CC31CCCCC1. The van der Waals surface area contributed by atoms with Gasteiger partial charge in [-0.3, -0.25) is 13.8 Å². The molecule has 0 atom stereocenters. The average molecular weight is 395 g/mol. The van der Waals surface area contributed by atoms with E-state index in [9.17, 15) is 4.79 Å². The third kappa shape index (κ3) is 2.50. The number of benzene rings is 1. The normalized spacial score (nSPS) is 17.6. The van der Waals surface area contributed by atoms with E-state index >= 15 is 0 Å².